The van der Waals surface area contributed by atoms with Gasteiger partial charge in [0.2, 0.25) is 0 Å². The highest BCUT2D eigenvalue weighted by molar-refractivity contribution is 7.93. The highest BCUT2D eigenvalue weighted by Gasteiger charge is 2.11. The first-order chi connectivity index (χ1) is 10.8. The Morgan fingerprint density at radius 2 is 1.52 bits per heavy atom. The molecule has 130 valence electrons. The second-order valence-corrected chi connectivity index (χ2v) is 7.77. The number of rotatable bonds is 9. The number of allylic oxidation sites excluding steroid dienone is 1. The van der Waals surface area contributed by atoms with Crippen molar-refractivity contribution in [3.63, 3.8) is 0 Å². The van der Waals surface area contributed by atoms with E-state index in [2.05, 4.69) is 53.0 Å². The Hall–Kier alpha value is -0.740. The van der Waals surface area contributed by atoms with Crippen molar-refractivity contribution in [3.8, 4) is 11.5 Å². The maximum absolute atomic E-state index is 5.94. The van der Waals surface area contributed by atoms with Gasteiger partial charge in [0.15, 0.2) is 0 Å². The normalized spacial score (nSPS) is 12.6. The summed E-state index contributed by atoms with van der Waals surface area (Å²) in [6.45, 7) is 12.1. The van der Waals surface area contributed by atoms with Crippen LogP contribution < -0.4 is 9.47 Å². The third-order valence-electron chi connectivity index (χ3n) is 3.47. The van der Waals surface area contributed by atoms with E-state index < -0.39 is 0 Å². The summed E-state index contributed by atoms with van der Waals surface area (Å²) >= 11 is 9.00. The smallest absolute Gasteiger partial charge is 0.127 e. The van der Waals surface area contributed by atoms with Crippen LogP contribution in [0.3, 0.4) is 0 Å². The third kappa shape index (κ3) is 7.58. The topological polar surface area (TPSA) is 18.5 Å². The molecule has 1 aromatic carbocycles. The second kappa shape index (κ2) is 10.2. The Morgan fingerprint density at radius 1 is 0.957 bits per heavy atom. The van der Waals surface area contributed by atoms with Crippen LogP contribution in [0.5, 0.6) is 11.5 Å². The van der Waals surface area contributed by atoms with Crippen molar-refractivity contribution in [1.82, 2.24) is 0 Å². The van der Waals surface area contributed by atoms with Gasteiger partial charge in [-0.15, -0.1) is 25.3 Å². The lowest BCUT2D eigenvalue weighted by molar-refractivity contribution is 0.281. The van der Waals surface area contributed by atoms with Crippen molar-refractivity contribution in [1.29, 1.82) is 0 Å². The summed E-state index contributed by atoms with van der Waals surface area (Å²) < 4.78 is 11.8. The lowest BCUT2D eigenvalue weighted by Gasteiger charge is -2.15. The Balaban J connectivity index is 2.90. The first kappa shape index (κ1) is 20.3. The lowest BCUT2D eigenvalue weighted by atomic mass is 10.1. The average Bonchev–Trinajstić information content (AvgIpc) is 2.46. The summed E-state index contributed by atoms with van der Waals surface area (Å²) in [6.07, 6.45) is 2.06. The molecule has 0 saturated carbocycles. The minimum atomic E-state index is 0.620. The molecule has 4 heteroatoms. The van der Waals surface area contributed by atoms with Gasteiger partial charge >= 0.3 is 0 Å². The summed E-state index contributed by atoms with van der Waals surface area (Å²) in [5.41, 5.74) is 0.937. The molecule has 0 aliphatic carbocycles. The molecule has 0 saturated heterocycles. The van der Waals surface area contributed by atoms with Gasteiger partial charge in [-0.3, -0.25) is 0 Å². The first-order valence-electron chi connectivity index (χ1n) is 8.30. The molecule has 0 amide bonds. The molecule has 0 aliphatic rings. The Kier molecular flexibility index (Phi) is 9.00. The summed E-state index contributed by atoms with van der Waals surface area (Å²) in [6, 6.07) is 5.92. The van der Waals surface area contributed by atoms with Gasteiger partial charge < -0.3 is 9.47 Å². The van der Waals surface area contributed by atoms with E-state index in [0.29, 0.717) is 18.4 Å². The van der Waals surface area contributed by atoms with Crippen LogP contribution in [0, 0.1) is 11.8 Å². The highest BCUT2D eigenvalue weighted by Crippen LogP contribution is 2.35. The highest BCUT2D eigenvalue weighted by atomic mass is 32.1. The van der Waals surface area contributed by atoms with Gasteiger partial charge in [0.1, 0.15) is 11.5 Å². The summed E-state index contributed by atoms with van der Waals surface area (Å²) in [5.74, 6) is 2.93. The van der Waals surface area contributed by atoms with E-state index in [0.717, 1.165) is 46.3 Å². The van der Waals surface area contributed by atoms with Gasteiger partial charge in [0, 0.05) is 10.5 Å². The van der Waals surface area contributed by atoms with E-state index >= 15 is 0 Å². The molecule has 0 fully saturated rings. The zero-order valence-electron chi connectivity index (χ0n) is 14.9. The fourth-order valence-corrected chi connectivity index (χ4v) is 2.22. The van der Waals surface area contributed by atoms with Crippen LogP contribution in [0.1, 0.15) is 53.0 Å². The first-order valence-corrected chi connectivity index (χ1v) is 9.19. The van der Waals surface area contributed by atoms with Gasteiger partial charge in [-0.25, -0.2) is 0 Å². The Morgan fingerprint density at radius 3 is 2.04 bits per heavy atom. The maximum atomic E-state index is 5.94. The van der Waals surface area contributed by atoms with Crippen LogP contribution >= 0.6 is 25.3 Å². The molecular formula is C19H30O2S2. The molecule has 0 unspecified atom stereocenters. The quantitative estimate of drug-likeness (QED) is 0.523. The molecule has 1 rings (SSSR count). The molecular weight excluding hydrogens is 324 g/mol. The number of hydrogen-bond acceptors (Lipinski definition) is 4. The van der Waals surface area contributed by atoms with E-state index in [9.17, 15) is 0 Å². The summed E-state index contributed by atoms with van der Waals surface area (Å²) in [4.78, 5) is 1.68. The van der Waals surface area contributed by atoms with Crippen molar-refractivity contribution in [2.45, 2.75) is 47.5 Å². The van der Waals surface area contributed by atoms with E-state index in [-0.39, 0.29) is 0 Å². The second-order valence-electron chi connectivity index (χ2n) is 6.65. The molecule has 0 atom stereocenters. The number of benzene rings is 1. The SMILES string of the molecule is C/C(S)=C(/S)c1cc(OCCC(C)C)ccc1OCCC(C)C. The Bertz CT molecular complexity index is 518. The minimum absolute atomic E-state index is 0.620. The zero-order valence-corrected chi connectivity index (χ0v) is 16.7. The number of thiol groups is 2. The van der Waals surface area contributed by atoms with E-state index in [4.69, 9.17) is 9.47 Å². The summed E-state index contributed by atoms with van der Waals surface area (Å²) in [7, 11) is 0. The average molecular weight is 355 g/mol. The fourth-order valence-electron chi connectivity index (χ4n) is 1.92. The monoisotopic (exact) mass is 354 g/mol. The third-order valence-corrected chi connectivity index (χ3v) is 4.44. The van der Waals surface area contributed by atoms with Gasteiger partial charge in [-0.2, -0.15) is 0 Å². The van der Waals surface area contributed by atoms with Gasteiger partial charge in [-0.1, -0.05) is 27.7 Å². The van der Waals surface area contributed by atoms with E-state index in [1.54, 1.807) is 0 Å². The van der Waals surface area contributed by atoms with Gasteiger partial charge in [0.05, 0.1) is 13.2 Å². The number of ether oxygens (including phenoxy) is 2. The van der Waals surface area contributed by atoms with Crippen molar-refractivity contribution >= 4 is 30.2 Å². The van der Waals surface area contributed by atoms with Crippen LogP contribution in [-0.4, -0.2) is 13.2 Å². The molecule has 0 aromatic heterocycles. The predicted octanol–water partition coefficient (Wildman–Crippen LogP) is 6.08. The van der Waals surface area contributed by atoms with E-state index in [1.165, 1.54) is 0 Å². The fraction of sp³-hybridized carbons (Fsp3) is 0.579. The molecule has 0 aliphatic heterocycles. The van der Waals surface area contributed by atoms with Crippen LogP contribution in [0.15, 0.2) is 23.1 Å². The van der Waals surface area contributed by atoms with Crippen molar-refractivity contribution in [2.24, 2.45) is 11.8 Å². The van der Waals surface area contributed by atoms with Crippen LogP contribution in [0.2, 0.25) is 0 Å². The van der Waals surface area contributed by atoms with Crippen molar-refractivity contribution in [3.05, 3.63) is 28.7 Å². The molecule has 23 heavy (non-hydrogen) atoms. The zero-order chi connectivity index (χ0) is 17.4. The van der Waals surface area contributed by atoms with Crippen LogP contribution in [0.4, 0.5) is 0 Å². The van der Waals surface area contributed by atoms with Crippen molar-refractivity contribution < 1.29 is 9.47 Å². The summed E-state index contributed by atoms with van der Waals surface area (Å²) in [5, 5.41) is 0. The molecule has 1 aromatic rings. The molecule has 0 N–H and O–H groups in total. The largest absolute Gasteiger partial charge is 0.494 e. The van der Waals surface area contributed by atoms with Crippen molar-refractivity contribution in [2.75, 3.05) is 13.2 Å². The molecule has 0 bridgehead atoms. The molecule has 0 radical (unpaired) electrons. The van der Waals surface area contributed by atoms with E-state index in [1.807, 2.05) is 25.1 Å². The molecule has 0 heterocycles. The van der Waals surface area contributed by atoms with Gasteiger partial charge in [-0.05, 0) is 54.7 Å². The predicted molar refractivity (Wildman–Crippen MR) is 107 cm³/mol. The lowest BCUT2D eigenvalue weighted by Crippen LogP contribution is -2.04. The molecule has 0 spiro atoms. The standard InChI is InChI=1S/C19H30O2S2/c1-13(2)8-10-20-16-6-7-18(21-11-9-14(3)4)17(12-16)19(23)15(5)22/h6-7,12-14,22-23H,8-11H2,1-5H3/b19-15-. The maximum Gasteiger partial charge on any atom is 0.127 e. The molecule has 2 nitrogen and oxygen atoms in total. The van der Waals surface area contributed by atoms with Crippen LogP contribution in [0.25, 0.3) is 4.91 Å². The van der Waals surface area contributed by atoms with Crippen LogP contribution in [-0.2, 0) is 0 Å². The minimum Gasteiger partial charge on any atom is -0.494 e. The number of hydrogen-bond donors (Lipinski definition) is 2. The Labute approximate surface area is 152 Å². The van der Waals surface area contributed by atoms with Gasteiger partial charge in [0.25, 0.3) is 0 Å².